The summed E-state index contributed by atoms with van der Waals surface area (Å²) in [7, 11) is 0. The van der Waals surface area contributed by atoms with Crippen molar-refractivity contribution in [1.29, 1.82) is 0 Å². The number of allylic oxidation sites excluding steroid dienone is 1. The molecule has 7 heteroatoms. The smallest absolute Gasteiger partial charge is 0.362 e. The summed E-state index contributed by atoms with van der Waals surface area (Å²) in [6.45, 7) is 6.19. The first-order chi connectivity index (χ1) is 11.6. The Morgan fingerprint density at radius 1 is 0.800 bits per heavy atom. The zero-order valence-corrected chi connectivity index (χ0v) is 15.6. The van der Waals surface area contributed by atoms with Gasteiger partial charge in [-0.2, -0.15) is 0 Å². The van der Waals surface area contributed by atoms with Gasteiger partial charge in [0.1, 0.15) is 0 Å². The van der Waals surface area contributed by atoms with Crippen LogP contribution in [-0.4, -0.2) is 55.8 Å². The van der Waals surface area contributed by atoms with E-state index in [0.29, 0.717) is 6.42 Å². The van der Waals surface area contributed by atoms with Gasteiger partial charge >= 0.3 is 17.9 Å². The third-order valence-corrected chi connectivity index (χ3v) is 4.92. The molecule has 0 aliphatic heterocycles. The van der Waals surface area contributed by atoms with Crippen LogP contribution < -0.4 is 0 Å². The molecule has 144 valence electrons. The lowest BCUT2D eigenvalue weighted by Crippen LogP contribution is -2.67. The fraction of sp³-hybridized carbons (Fsp3) is 0.722. The van der Waals surface area contributed by atoms with Gasteiger partial charge in [0.15, 0.2) is 18.1 Å². The van der Waals surface area contributed by atoms with Gasteiger partial charge in [-0.25, -0.2) is 14.4 Å². The Morgan fingerprint density at radius 2 is 1.20 bits per heavy atom. The lowest BCUT2D eigenvalue weighted by atomic mass is 10.0. The van der Waals surface area contributed by atoms with E-state index in [-0.39, 0.29) is 0 Å². The Labute approximate surface area is 149 Å². The lowest BCUT2D eigenvalue weighted by molar-refractivity contribution is -0.922. The van der Waals surface area contributed by atoms with Crippen molar-refractivity contribution in [3.8, 4) is 0 Å². The van der Waals surface area contributed by atoms with Crippen LogP contribution in [0, 0.1) is 0 Å². The van der Waals surface area contributed by atoms with Crippen molar-refractivity contribution in [2.45, 2.75) is 84.3 Å². The van der Waals surface area contributed by atoms with E-state index in [2.05, 4.69) is 6.92 Å². The van der Waals surface area contributed by atoms with E-state index in [9.17, 15) is 29.7 Å². The normalized spacial score (nSPS) is 17.6. The van der Waals surface area contributed by atoms with Crippen LogP contribution in [0.1, 0.15) is 66.2 Å². The molecule has 0 rings (SSSR count). The maximum Gasteiger partial charge on any atom is 0.362 e. The van der Waals surface area contributed by atoms with E-state index < -0.39 is 40.5 Å². The van der Waals surface area contributed by atoms with Crippen LogP contribution in [0.4, 0.5) is 0 Å². The van der Waals surface area contributed by atoms with Crippen molar-refractivity contribution < 1.29 is 34.2 Å². The van der Waals surface area contributed by atoms with E-state index >= 15 is 0 Å². The van der Waals surface area contributed by atoms with Crippen LogP contribution in [0.3, 0.4) is 0 Å². The van der Waals surface area contributed by atoms with Gasteiger partial charge in [-0.05, 0) is 39.7 Å². The van der Waals surface area contributed by atoms with Gasteiger partial charge in [0, 0.05) is 0 Å². The molecule has 0 aliphatic rings. The summed E-state index contributed by atoms with van der Waals surface area (Å²) in [6.07, 6.45) is 9.21. The van der Waals surface area contributed by atoms with Gasteiger partial charge in [0.2, 0.25) is 0 Å². The van der Waals surface area contributed by atoms with Crippen molar-refractivity contribution in [3.05, 3.63) is 12.3 Å². The summed E-state index contributed by atoms with van der Waals surface area (Å²) in [5.74, 6) is -3.68. The minimum Gasteiger partial charge on any atom is -0.477 e. The van der Waals surface area contributed by atoms with Gasteiger partial charge in [0.25, 0.3) is 0 Å². The Balaban J connectivity index is 5.57. The van der Waals surface area contributed by atoms with Crippen LogP contribution in [0.2, 0.25) is 0 Å². The number of hydrogen-bond donors (Lipinski definition) is 3. The molecule has 0 heterocycles. The highest BCUT2D eigenvalue weighted by molar-refractivity contribution is 5.77. The molecule has 0 saturated carbocycles. The largest absolute Gasteiger partial charge is 0.477 e. The SMILES string of the molecule is CCCCCCC/C=C/[N+](C(C)C(=O)O)(C(C)C(=O)O)C(C)C(=O)O. The van der Waals surface area contributed by atoms with Crippen LogP contribution in [0.15, 0.2) is 12.3 Å². The Hall–Kier alpha value is -1.89. The molecule has 0 aliphatic carbocycles. The highest BCUT2D eigenvalue weighted by Gasteiger charge is 2.51. The van der Waals surface area contributed by atoms with Crippen LogP contribution in [0.5, 0.6) is 0 Å². The summed E-state index contributed by atoms with van der Waals surface area (Å²) in [6, 6.07) is -3.60. The number of rotatable bonds is 13. The van der Waals surface area contributed by atoms with Crippen molar-refractivity contribution >= 4 is 17.9 Å². The van der Waals surface area contributed by atoms with E-state index in [1.54, 1.807) is 6.08 Å². The topological polar surface area (TPSA) is 112 Å². The Morgan fingerprint density at radius 3 is 1.56 bits per heavy atom. The van der Waals surface area contributed by atoms with E-state index in [4.69, 9.17) is 0 Å². The highest BCUT2D eigenvalue weighted by Crippen LogP contribution is 2.27. The summed E-state index contributed by atoms with van der Waals surface area (Å²) >= 11 is 0. The van der Waals surface area contributed by atoms with Gasteiger partial charge < -0.3 is 15.3 Å². The van der Waals surface area contributed by atoms with Gasteiger partial charge in [-0.1, -0.05) is 32.6 Å². The van der Waals surface area contributed by atoms with Crippen molar-refractivity contribution in [1.82, 2.24) is 0 Å². The predicted molar refractivity (Wildman–Crippen MR) is 94.1 cm³/mol. The second-order valence-corrected chi connectivity index (χ2v) is 6.52. The molecule has 0 fully saturated rings. The summed E-state index contributed by atoms with van der Waals surface area (Å²) in [4.78, 5) is 34.7. The first kappa shape index (κ1) is 23.1. The van der Waals surface area contributed by atoms with Crippen molar-refractivity contribution in [2.24, 2.45) is 0 Å². The average Bonchev–Trinajstić information content (AvgIpc) is 2.55. The number of unbranched alkanes of at least 4 members (excludes halogenated alkanes) is 5. The molecule has 0 spiro atoms. The van der Waals surface area contributed by atoms with Crippen LogP contribution in [0.25, 0.3) is 0 Å². The molecule has 0 saturated heterocycles. The molecule has 0 aromatic rings. The minimum atomic E-state index is -1.23. The fourth-order valence-electron chi connectivity index (χ4n) is 3.09. The second-order valence-electron chi connectivity index (χ2n) is 6.52. The third-order valence-electron chi connectivity index (χ3n) is 4.92. The lowest BCUT2D eigenvalue weighted by Gasteiger charge is -2.44. The van der Waals surface area contributed by atoms with Gasteiger partial charge in [0.05, 0.1) is 6.20 Å². The average molecular weight is 358 g/mol. The van der Waals surface area contributed by atoms with E-state index in [1.165, 1.54) is 27.0 Å². The molecule has 0 bridgehead atoms. The third kappa shape index (κ3) is 6.16. The molecule has 0 aromatic heterocycles. The van der Waals surface area contributed by atoms with Crippen LogP contribution in [-0.2, 0) is 14.4 Å². The monoisotopic (exact) mass is 358 g/mol. The van der Waals surface area contributed by atoms with E-state index in [0.717, 1.165) is 32.1 Å². The first-order valence-corrected chi connectivity index (χ1v) is 8.86. The number of nitrogens with zero attached hydrogens (tertiary/aromatic N) is 1. The summed E-state index contributed by atoms with van der Waals surface area (Å²) < 4.78 is -0.658. The first-order valence-electron chi connectivity index (χ1n) is 8.86. The van der Waals surface area contributed by atoms with Crippen molar-refractivity contribution in [3.63, 3.8) is 0 Å². The zero-order chi connectivity index (χ0) is 19.6. The molecule has 3 N–H and O–H groups in total. The number of carbonyl (C=O) groups is 3. The second kappa shape index (κ2) is 10.9. The van der Waals surface area contributed by atoms with Crippen molar-refractivity contribution in [2.75, 3.05) is 0 Å². The zero-order valence-electron chi connectivity index (χ0n) is 15.6. The molecule has 0 amide bonds. The quantitative estimate of drug-likeness (QED) is 0.344. The maximum atomic E-state index is 11.6. The predicted octanol–water partition coefficient (Wildman–Crippen LogP) is 3.10. The highest BCUT2D eigenvalue weighted by atomic mass is 16.4. The number of carboxylic acid groups (broad SMARTS) is 3. The summed E-state index contributed by atoms with van der Waals surface area (Å²) in [5.41, 5.74) is 0. The maximum absolute atomic E-state index is 11.6. The number of hydrogen-bond acceptors (Lipinski definition) is 3. The van der Waals surface area contributed by atoms with Gasteiger partial charge in [-0.3, -0.25) is 4.48 Å². The number of carboxylic acids is 3. The van der Waals surface area contributed by atoms with Crippen LogP contribution >= 0.6 is 0 Å². The van der Waals surface area contributed by atoms with Gasteiger partial charge in [-0.15, -0.1) is 0 Å². The molecule has 0 aromatic carbocycles. The fourth-order valence-corrected chi connectivity index (χ4v) is 3.09. The standard InChI is InChI=1S/C18H31NO6/c1-5-6-7-8-9-10-11-12-19(13(2)16(20)21,14(3)17(22)23)15(4)18(24)25/h11-15H,5-10H2,1-4H3,(H2-,20,21,22,23,24,25)/p+1/b12-11+. The number of aliphatic carboxylic acids is 3. The molecule has 3 unspecified atom stereocenters. The molecular formula is C18H32NO6+. The summed E-state index contributed by atoms with van der Waals surface area (Å²) in [5, 5.41) is 28.3. The molecular weight excluding hydrogens is 326 g/mol. The molecule has 25 heavy (non-hydrogen) atoms. The molecule has 0 radical (unpaired) electrons. The van der Waals surface area contributed by atoms with E-state index in [1.807, 2.05) is 0 Å². The minimum absolute atomic E-state index is 0.658. The Kier molecular flexibility index (Phi) is 10.0. The number of quaternary nitrogens is 1. The Bertz CT molecular complexity index is 438. The molecule has 7 nitrogen and oxygen atoms in total. The molecule has 3 atom stereocenters.